The van der Waals surface area contributed by atoms with Crippen molar-refractivity contribution < 1.29 is 23.1 Å². The number of ether oxygens (including phenoxy) is 1. The number of amides is 3. The van der Waals surface area contributed by atoms with Gasteiger partial charge < -0.3 is 24.3 Å². The van der Waals surface area contributed by atoms with Crippen molar-refractivity contribution in [2.45, 2.75) is 46.7 Å². The van der Waals surface area contributed by atoms with E-state index in [1.165, 1.54) is 17.0 Å². The van der Waals surface area contributed by atoms with Gasteiger partial charge in [-0.3, -0.25) is 4.79 Å². The first-order valence-electron chi connectivity index (χ1n) is 12.7. The summed E-state index contributed by atoms with van der Waals surface area (Å²) < 4.78 is 24.6. The van der Waals surface area contributed by atoms with Gasteiger partial charge in [-0.25, -0.2) is 9.18 Å². The Morgan fingerprint density at radius 2 is 1.76 bits per heavy atom. The smallest absolute Gasteiger partial charge is 0.322 e. The average Bonchev–Trinajstić information content (AvgIpc) is 3.31. The van der Waals surface area contributed by atoms with Crippen LogP contribution in [0.25, 0.3) is 0 Å². The molecule has 0 saturated heterocycles. The molecule has 3 aromatic rings. The van der Waals surface area contributed by atoms with Gasteiger partial charge in [0, 0.05) is 32.0 Å². The van der Waals surface area contributed by atoms with E-state index in [1.807, 2.05) is 50.2 Å². The van der Waals surface area contributed by atoms with Crippen LogP contribution in [0, 0.1) is 12.7 Å². The lowest BCUT2D eigenvalue weighted by Crippen LogP contribution is -2.44. The number of carbonyl (C=O) groups is 2. The molecule has 0 aliphatic carbocycles. The second-order valence-corrected chi connectivity index (χ2v) is 8.84. The Labute approximate surface area is 218 Å². The SMILES string of the molecule is CCOCCCN(CC(=O)N(Cc1ccc(F)cc1)Cc1ccc(C)o1)C(=O)Nc1cccc(CC)c1. The largest absolute Gasteiger partial charge is 0.464 e. The van der Waals surface area contributed by atoms with Gasteiger partial charge in [0.15, 0.2) is 0 Å². The highest BCUT2D eigenvalue weighted by Crippen LogP contribution is 2.16. The molecular weight excluding hydrogens is 473 g/mol. The molecule has 1 heterocycles. The highest BCUT2D eigenvalue weighted by atomic mass is 19.1. The molecule has 0 fully saturated rings. The molecule has 37 heavy (non-hydrogen) atoms. The van der Waals surface area contributed by atoms with Crippen LogP contribution in [-0.2, 0) is 29.0 Å². The van der Waals surface area contributed by atoms with Crippen LogP contribution in [0.2, 0.25) is 0 Å². The lowest BCUT2D eigenvalue weighted by atomic mass is 10.1. The quantitative estimate of drug-likeness (QED) is 0.297. The molecule has 0 radical (unpaired) electrons. The molecule has 8 heteroatoms. The number of benzene rings is 2. The van der Waals surface area contributed by atoms with E-state index in [0.29, 0.717) is 37.6 Å². The molecule has 0 aliphatic rings. The summed E-state index contributed by atoms with van der Waals surface area (Å²) in [7, 11) is 0. The molecule has 1 N–H and O–H groups in total. The van der Waals surface area contributed by atoms with E-state index >= 15 is 0 Å². The topological polar surface area (TPSA) is 75.0 Å². The fraction of sp³-hybridized carbons (Fsp3) is 0.379. The van der Waals surface area contributed by atoms with Crippen molar-refractivity contribution in [1.29, 1.82) is 0 Å². The first-order chi connectivity index (χ1) is 17.9. The minimum atomic E-state index is -0.353. The van der Waals surface area contributed by atoms with Gasteiger partial charge in [-0.2, -0.15) is 0 Å². The molecular formula is C29H36FN3O4. The predicted molar refractivity (Wildman–Crippen MR) is 142 cm³/mol. The first-order valence-corrected chi connectivity index (χ1v) is 12.7. The fourth-order valence-electron chi connectivity index (χ4n) is 3.89. The van der Waals surface area contributed by atoms with Crippen molar-refractivity contribution >= 4 is 17.6 Å². The Hall–Kier alpha value is -3.65. The zero-order valence-corrected chi connectivity index (χ0v) is 21.8. The van der Waals surface area contributed by atoms with Gasteiger partial charge in [-0.15, -0.1) is 0 Å². The van der Waals surface area contributed by atoms with Gasteiger partial charge in [0.2, 0.25) is 5.91 Å². The van der Waals surface area contributed by atoms with E-state index in [9.17, 15) is 14.0 Å². The number of nitrogens with one attached hydrogen (secondary N) is 1. The molecule has 0 spiro atoms. The standard InChI is InChI=1S/C29H36FN3O4/c1-4-23-8-6-9-26(18-23)31-29(35)32(16-7-17-36-5-2)21-28(34)33(20-27-15-10-22(3)37-27)19-24-11-13-25(30)14-12-24/h6,8-15,18H,4-5,7,16-17,19-21H2,1-3H3,(H,31,35). The second-order valence-electron chi connectivity index (χ2n) is 8.84. The third-order valence-corrected chi connectivity index (χ3v) is 5.90. The van der Waals surface area contributed by atoms with Crippen LogP contribution in [-0.4, -0.2) is 48.0 Å². The molecule has 0 saturated carbocycles. The molecule has 0 atom stereocenters. The van der Waals surface area contributed by atoms with Gasteiger partial charge in [-0.05, 0) is 74.2 Å². The molecule has 0 unspecified atom stereocenters. The highest BCUT2D eigenvalue weighted by Gasteiger charge is 2.23. The Balaban J connectivity index is 1.76. The zero-order chi connectivity index (χ0) is 26.6. The number of aryl methyl sites for hydroxylation is 2. The second kappa shape index (κ2) is 14.2. The fourth-order valence-corrected chi connectivity index (χ4v) is 3.89. The number of hydrogen-bond acceptors (Lipinski definition) is 4. The van der Waals surface area contributed by atoms with Crippen molar-refractivity contribution in [3.63, 3.8) is 0 Å². The van der Waals surface area contributed by atoms with Crippen LogP contribution in [0.5, 0.6) is 0 Å². The van der Waals surface area contributed by atoms with E-state index in [0.717, 1.165) is 23.3 Å². The Kier molecular flexibility index (Phi) is 10.7. The number of urea groups is 1. The average molecular weight is 510 g/mol. The van der Waals surface area contributed by atoms with Crippen LogP contribution < -0.4 is 5.32 Å². The summed E-state index contributed by atoms with van der Waals surface area (Å²) in [4.78, 5) is 29.9. The molecule has 7 nitrogen and oxygen atoms in total. The number of hydrogen-bond donors (Lipinski definition) is 1. The van der Waals surface area contributed by atoms with Crippen LogP contribution >= 0.6 is 0 Å². The highest BCUT2D eigenvalue weighted by molar-refractivity contribution is 5.92. The number of carbonyl (C=O) groups excluding carboxylic acids is 2. The summed E-state index contributed by atoms with van der Waals surface area (Å²) in [5.41, 5.74) is 2.57. The predicted octanol–water partition coefficient (Wildman–Crippen LogP) is 5.78. The van der Waals surface area contributed by atoms with E-state index < -0.39 is 0 Å². The number of nitrogens with zero attached hydrogens (tertiary/aromatic N) is 2. The molecule has 0 bridgehead atoms. The molecule has 2 aromatic carbocycles. The first kappa shape index (κ1) is 27.9. The van der Waals surface area contributed by atoms with E-state index in [4.69, 9.17) is 9.15 Å². The third kappa shape index (κ3) is 9.06. The molecule has 198 valence electrons. The lowest BCUT2D eigenvalue weighted by molar-refractivity contribution is -0.133. The maximum Gasteiger partial charge on any atom is 0.322 e. The zero-order valence-electron chi connectivity index (χ0n) is 21.8. The van der Waals surface area contributed by atoms with Gasteiger partial charge in [0.25, 0.3) is 0 Å². The maximum atomic E-state index is 13.5. The summed E-state index contributed by atoms with van der Waals surface area (Å²) in [6.45, 7) is 7.61. The van der Waals surface area contributed by atoms with Crippen LogP contribution in [0.3, 0.4) is 0 Å². The minimum absolute atomic E-state index is 0.119. The summed E-state index contributed by atoms with van der Waals surface area (Å²) in [6, 6.07) is 17.0. The lowest BCUT2D eigenvalue weighted by Gasteiger charge is -2.27. The minimum Gasteiger partial charge on any atom is -0.464 e. The van der Waals surface area contributed by atoms with E-state index in [2.05, 4.69) is 12.2 Å². The van der Waals surface area contributed by atoms with Crippen LogP contribution in [0.4, 0.5) is 14.9 Å². The third-order valence-electron chi connectivity index (χ3n) is 5.90. The monoisotopic (exact) mass is 509 g/mol. The Morgan fingerprint density at radius 1 is 0.973 bits per heavy atom. The Morgan fingerprint density at radius 3 is 2.43 bits per heavy atom. The van der Waals surface area contributed by atoms with Gasteiger partial charge in [-0.1, -0.05) is 31.2 Å². The molecule has 3 rings (SSSR count). The summed E-state index contributed by atoms with van der Waals surface area (Å²) in [5.74, 6) is 0.798. The number of rotatable bonds is 13. The van der Waals surface area contributed by atoms with Gasteiger partial charge >= 0.3 is 6.03 Å². The molecule has 1 aromatic heterocycles. The normalized spacial score (nSPS) is 10.8. The van der Waals surface area contributed by atoms with Crippen LogP contribution in [0.1, 0.15) is 42.9 Å². The molecule has 3 amide bonds. The van der Waals surface area contributed by atoms with Crippen molar-refractivity contribution in [1.82, 2.24) is 9.80 Å². The van der Waals surface area contributed by atoms with Crippen molar-refractivity contribution in [3.05, 3.63) is 89.1 Å². The summed E-state index contributed by atoms with van der Waals surface area (Å²) in [5, 5.41) is 2.93. The van der Waals surface area contributed by atoms with Gasteiger partial charge in [0.1, 0.15) is 23.9 Å². The van der Waals surface area contributed by atoms with Crippen molar-refractivity contribution in [2.75, 3.05) is 31.6 Å². The number of furan rings is 1. The van der Waals surface area contributed by atoms with Gasteiger partial charge in [0.05, 0.1) is 6.54 Å². The molecule has 0 aliphatic heterocycles. The number of halogens is 1. The van der Waals surface area contributed by atoms with Crippen molar-refractivity contribution in [2.24, 2.45) is 0 Å². The number of anilines is 1. The Bertz CT molecular complexity index is 1150. The van der Waals surface area contributed by atoms with E-state index in [1.54, 1.807) is 17.0 Å². The summed E-state index contributed by atoms with van der Waals surface area (Å²) in [6.07, 6.45) is 1.45. The maximum absolute atomic E-state index is 13.5. The van der Waals surface area contributed by atoms with E-state index in [-0.39, 0.29) is 37.4 Å². The van der Waals surface area contributed by atoms with Crippen LogP contribution in [0.15, 0.2) is 65.1 Å². The van der Waals surface area contributed by atoms with Crippen molar-refractivity contribution in [3.8, 4) is 0 Å². The summed E-state index contributed by atoms with van der Waals surface area (Å²) >= 11 is 0.